The van der Waals surface area contributed by atoms with Crippen LogP contribution in [0.25, 0.3) is 172 Å². The third-order valence-electron chi connectivity index (χ3n) is 23.7. The van der Waals surface area contributed by atoms with Crippen molar-refractivity contribution >= 4 is 65.4 Å². The Morgan fingerprint density at radius 2 is 0.378 bits per heavy atom. The van der Waals surface area contributed by atoms with Gasteiger partial charge >= 0.3 is 0 Å². The molecule has 0 amide bonds. The van der Waals surface area contributed by atoms with Crippen molar-refractivity contribution in [2.75, 3.05) is 0 Å². The van der Waals surface area contributed by atoms with Crippen molar-refractivity contribution in [1.29, 1.82) is 0 Å². The van der Waals surface area contributed by atoms with Crippen molar-refractivity contribution in [2.24, 2.45) is 0 Å². The number of rotatable bonds is 11. The van der Waals surface area contributed by atoms with Crippen LogP contribution in [0, 0.1) is 125 Å². The molecule has 0 fully saturated rings. The molecule has 0 saturated heterocycles. The molecule has 0 aliphatic heterocycles. The summed E-state index contributed by atoms with van der Waals surface area (Å²) in [6, 6.07) is 87.7. The zero-order valence-electron chi connectivity index (χ0n) is 67.1. The van der Waals surface area contributed by atoms with Gasteiger partial charge in [0.05, 0.1) is 44.5 Å². The van der Waals surface area contributed by atoms with Gasteiger partial charge in [-0.3, -0.25) is 4.57 Å². The van der Waals surface area contributed by atoms with E-state index in [9.17, 15) is 0 Å². The summed E-state index contributed by atoms with van der Waals surface area (Å²) < 4.78 is 7.23. The van der Waals surface area contributed by atoms with Crippen LogP contribution in [-0.2, 0) is 0 Å². The number of aryl methyl sites for hydroxylation is 18. The van der Waals surface area contributed by atoms with Crippen molar-refractivity contribution in [3.05, 3.63) is 331 Å². The Hall–Kier alpha value is -12.5. The lowest BCUT2D eigenvalue weighted by Crippen LogP contribution is -2.09. The van der Waals surface area contributed by atoms with E-state index in [1.54, 1.807) is 0 Å². The second-order valence-corrected chi connectivity index (χ2v) is 32.4. The van der Waals surface area contributed by atoms with E-state index in [4.69, 9.17) is 15.0 Å². The molecule has 0 N–H and O–H groups in total. The van der Waals surface area contributed by atoms with Crippen LogP contribution in [0.5, 0.6) is 0 Å². The summed E-state index contributed by atoms with van der Waals surface area (Å²) in [6.45, 7) is 40.1. The highest BCUT2D eigenvalue weighted by Crippen LogP contribution is 2.47. The van der Waals surface area contributed by atoms with Crippen molar-refractivity contribution < 1.29 is 0 Å². The molecule has 14 aromatic carbocycles. The highest BCUT2D eigenvalue weighted by atomic mass is 15.2. The van der Waals surface area contributed by atoms with E-state index < -0.39 is 0 Å². The molecule has 6 heteroatoms. The normalized spacial score (nSPS) is 11.9. The van der Waals surface area contributed by atoms with Crippen molar-refractivity contribution in [3.8, 4) is 107 Å². The molecule has 6 nitrogen and oxygen atoms in total. The molecule has 18 aromatic rings. The summed E-state index contributed by atoms with van der Waals surface area (Å²) in [6.07, 6.45) is 0. The lowest BCUT2D eigenvalue weighted by atomic mass is 9.91. The van der Waals surface area contributed by atoms with Gasteiger partial charge in [0.1, 0.15) is 0 Å². The number of para-hydroxylation sites is 2. The topological polar surface area (TPSA) is 53.5 Å². The van der Waals surface area contributed by atoms with E-state index >= 15 is 0 Å². The van der Waals surface area contributed by atoms with Crippen LogP contribution in [-0.4, -0.2) is 28.7 Å². The van der Waals surface area contributed by atoms with Crippen molar-refractivity contribution in [2.45, 2.75) is 125 Å². The SMILES string of the molecule is Cc1cc(C)c(-c2ccc3c(c2)c2cc(-c4c(C)cc(C)cc4C)ccc2n3-c2nc(-c3ccccc3-n3c4ccc(-c5c(C)cc(C)cc5C)cc4c4cc(-c5c(C)cc(C)cc5C)ccc43)nc(-c3ccccc3-n3c4ccc(-c5c(C)cc(C)cc5C)cc4c4cc(-c5c(C)cc(C)cc5C)ccc43)n2)c(C)c1. The third-order valence-corrected chi connectivity index (χ3v) is 23.7. The quantitative estimate of drug-likeness (QED) is 0.130. The second kappa shape index (κ2) is 26.7. The molecular formula is C105H92N6. The molecule has 0 radical (unpaired) electrons. The van der Waals surface area contributed by atoms with E-state index in [1.165, 1.54) is 188 Å². The maximum Gasteiger partial charge on any atom is 0.238 e. The van der Waals surface area contributed by atoms with Crippen molar-refractivity contribution in [3.63, 3.8) is 0 Å². The van der Waals surface area contributed by atoms with Gasteiger partial charge in [0, 0.05) is 43.4 Å². The molecular weight excluding hydrogens is 1350 g/mol. The van der Waals surface area contributed by atoms with Gasteiger partial charge in [0.2, 0.25) is 5.95 Å². The largest absolute Gasteiger partial charge is 0.309 e. The van der Waals surface area contributed by atoms with Gasteiger partial charge < -0.3 is 9.13 Å². The molecule has 111 heavy (non-hydrogen) atoms. The minimum atomic E-state index is 0.513. The lowest BCUT2D eigenvalue weighted by Gasteiger charge is -2.17. The Kier molecular flexibility index (Phi) is 16.9. The third kappa shape index (κ3) is 11.7. The van der Waals surface area contributed by atoms with Gasteiger partial charge in [-0.05, 0) is 355 Å². The first-order valence-electron chi connectivity index (χ1n) is 39.1. The number of aromatic nitrogens is 6. The zero-order valence-corrected chi connectivity index (χ0v) is 67.1. The summed E-state index contributed by atoms with van der Waals surface area (Å²) in [5.74, 6) is 1.60. The predicted octanol–water partition coefficient (Wildman–Crippen LogP) is 28.1. The van der Waals surface area contributed by atoms with Crippen LogP contribution in [0.3, 0.4) is 0 Å². The molecule has 0 bridgehead atoms. The van der Waals surface area contributed by atoms with E-state index in [0.29, 0.717) is 17.6 Å². The Labute approximate surface area is 652 Å². The first kappa shape index (κ1) is 70.2. The summed E-state index contributed by atoms with van der Waals surface area (Å²) in [7, 11) is 0. The molecule has 542 valence electrons. The molecule has 0 atom stereocenters. The molecule has 4 aromatic heterocycles. The summed E-state index contributed by atoms with van der Waals surface area (Å²) in [5, 5.41) is 6.90. The average molecular weight is 1440 g/mol. The standard InChI is InChI=1S/C105H92N6/c1-57-39-63(7)97(64(8)40-57)75-27-33-91-83(51-75)84-52-76(98-65(9)41-58(2)42-66(98)10)28-34-92(84)109(91)89-25-21-19-23-81(89)103-106-104(108-105(107-103)111-95-37-31-79(101-71(15)47-61(5)48-72(101)16)55-87(95)88-56-80(32-38-96(88)111)102-73(17)49-62(6)50-74(102)18)82-24-20-22-26-90(82)110-93-35-29-77(99-67(11)43-59(3)44-68(99)12)53-85(93)86-54-78(30-36-94(86)110)100-69(13)45-60(4)46-70(100)14/h19-56H,1-18H3. The van der Waals surface area contributed by atoms with Gasteiger partial charge in [-0.25, -0.2) is 4.98 Å². The van der Waals surface area contributed by atoms with Crippen molar-refractivity contribution in [1.82, 2.24) is 28.7 Å². The predicted molar refractivity (Wildman–Crippen MR) is 472 cm³/mol. The van der Waals surface area contributed by atoms with Gasteiger partial charge in [0.25, 0.3) is 0 Å². The van der Waals surface area contributed by atoms with Gasteiger partial charge in [-0.15, -0.1) is 0 Å². The summed E-state index contributed by atoms with van der Waals surface area (Å²) >= 11 is 0. The maximum absolute atomic E-state index is 5.93. The zero-order chi connectivity index (χ0) is 77.0. The van der Waals surface area contributed by atoms with Crippen LogP contribution in [0.4, 0.5) is 0 Å². The molecule has 4 heterocycles. The summed E-state index contributed by atoms with van der Waals surface area (Å²) in [5.41, 5.74) is 47.3. The Bertz CT molecular complexity index is 6250. The fourth-order valence-electron chi connectivity index (χ4n) is 20.0. The van der Waals surface area contributed by atoms with Crippen LogP contribution in [0.2, 0.25) is 0 Å². The highest BCUT2D eigenvalue weighted by Gasteiger charge is 2.27. The molecule has 0 aliphatic rings. The lowest BCUT2D eigenvalue weighted by molar-refractivity contribution is 0.950. The Balaban J connectivity index is 0.927. The monoisotopic (exact) mass is 1440 g/mol. The van der Waals surface area contributed by atoms with E-state index in [0.717, 1.165) is 66.4 Å². The minimum Gasteiger partial charge on any atom is -0.309 e. The van der Waals surface area contributed by atoms with Crippen LogP contribution < -0.4 is 0 Å². The Morgan fingerprint density at radius 1 is 0.189 bits per heavy atom. The van der Waals surface area contributed by atoms with E-state index in [1.807, 2.05) is 0 Å². The number of hydrogen-bond acceptors (Lipinski definition) is 3. The molecule has 0 spiro atoms. The fourth-order valence-corrected chi connectivity index (χ4v) is 20.0. The molecule has 18 rings (SSSR count). The molecule has 0 aliphatic carbocycles. The maximum atomic E-state index is 5.93. The fraction of sp³-hybridized carbons (Fsp3) is 0.171. The van der Waals surface area contributed by atoms with Crippen LogP contribution in [0.15, 0.2) is 231 Å². The molecule has 0 unspecified atom stereocenters. The second-order valence-electron chi connectivity index (χ2n) is 32.4. The van der Waals surface area contributed by atoms with E-state index in [2.05, 4.69) is 369 Å². The minimum absolute atomic E-state index is 0.513. The van der Waals surface area contributed by atoms with Gasteiger partial charge in [-0.2, -0.15) is 9.97 Å². The van der Waals surface area contributed by atoms with Gasteiger partial charge in [-0.1, -0.05) is 167 Å². The number of hydrogen-bond donors (Lipinski definition) is 0. The highest BCUT2D eigenvalue weighted by molar-refractivity contribution is 6.15. The first-order valence-corrected chi connectivity index (χ1v) is 39.1. The molecule has 0 saturated carbocycles. The van der Waals surface area contributed by atoms with Gasteiger partial charge in [0.15, 0.2) is 11.6 Å². The van der Waals surface area contributed by atoms with Crippen LogP contribution in [0.1, 0.15) is 100 Å². The van der Waals surface area contributed by atoms with Crippen LogP contribution >= 0.6 is 0 Å². The average Bonchev–Trinajstić information content (AvgIpc) is 1.60. The number of benzene rings is 14. The smallest absolute Gasteiger partial charge is 0.238 e. The Morgan fingerprint density at radius 3 is 0.586 bits per heavy atom. The first-order chi connectivity index (χ1) is 53.4. The van der Waals surface area contributed by atoms with E-state index in [-0.39, 0.29) is 0 Å². The summed E-state index contributed by atoms with van der Waals surface area (Å²) in [4.78, 5) is 17.8. The number of fused-ring (bicyclic) bond motifs is 9. The number of nitrogens with zero attached hydrogens (tertiary/aromatic N) is 6.